The molecule has 4 heteroatoms. The summed E-state index contributed by atoms with van der Waals surface area (Å²) in [5.41, 5.74) is -0.568. The van der Waals surface area contributed by atoms with Crippen LogP contribution in [-0.2, 0) is 9.53 Å². The highest BCUT2D eigenvalue weighted by molar-refractivity contribution is 6.00. The monoisotopic (exact) mass is 251 g/mol. The zero-order chi connectivity index (χ0) is 13.9. The van der Waals surface area contributed by atoms with Gasteiger partial charge in [0.2, 0.25) is 5.78 Å². The maximum atomic E-state index is 12.1. The summed E-state index contributed by atoms with van der Waals surface area (Å²) in [4.78, 5) is 25.2. The molecule has 18 heavy (non-hydrogen) atoms. The van der Waals surface area contributed by atoms with Crippen molar-refractivity contribution in [2.75, 3.05) is 6.54 Å². The molecule has 0 bridgehead atoms. The van der Waals surface area contributed by atoms with Crippen molar-refractivity contribution in [1.82, 2.24) is 4.90 Å². The summed E-state index contributed by atoms with van der Waals surface area (Å²) >= 11 is 0. The first kappa shape index (κ1) is 14.6. The Labute approximate surface area is 109 Å². The van der Waals surface area contributed by atoms with Gasteiger partial charge < -0.3 is 4.74 Å². The van der Waals surface area contributed by atoms with Crippen LogP contribution in [0.2, 0.25) is 0 Å². The van der Waals surface area contributed by atoms with E-state index in [1.807, 2.05) is 6.92 Å². The van der Waals surface area contributed by atoms with E-state index in [0.29, 0.717) is 18.9 Å². The minimum atomic E-state index is -0.568. The summed E-state index contributed by atoms with van der Waals surface area (Å²) < 4.78 is 5.32. The smallest absolute Gasteiger partial charge is 0.410 e. The van der Waals surface area contributed by atoms with Crippen LogP contribution in [0.15, 0.2) is 0 Å². The number of ketones is 1. The van der Waals surface area contributed by atoms with Crippen LogP contribution in [-0.4, -0.2) is 35.0 Å². The Morgan fingerprint density at radius 2 is 1.94 bits per heavy atom. The van der Waals surface area contributed by atoms with Crippen LogP contribution in [0.1, 0.15) is 40.5 Å². The summed E-state index contributed by atoms with van der Waals surface area (Å²) in [7, 11) is 0. The molecule has 4 nitrogen and oxygen atoms in total. The highest BCUT2D eigenvalue weighted by Crippen LogP contribution is 2.24. The predicted molar refractivity (Wildman–Crippen MR) is 69.0 cm³/mol. The van der Waals surface area contributed by atoms with E-state index in [2.05, 4.69) is 5.92 Å². The number of likely N-dealkylation sites (tertiary alicyclic amines) is 1. The molecule has 1 aliphatic heterocycles. The molecular weight excluding hydrogens is 230 g/mol. The van der Waals surface area contributed by atoms with Crippen LogP contribution < -0.4 is 0 Å². The van der Waals surface area contributed by atoms with Crippen molar-refractivity contribution < 1.29 is 14.3 Å². The largest absolute Gasteiger partial charge is 0.444 e. The number of carbonyl (C=O) groups is 2. The minimum absolute atomic E-state index is 0.340. The van der Waals surface area contributed by atoms with Crippen LogP contribution in [0.5, 0.6) is 0 Å². The molecule has 1 rings (SSSR count). The van der Waals surface area contributed by atoms with E-state index in [-0.39, 0.29) is 5.78 Å². The van der Waals surface area contributed by atoms with Crippen molar-refractivity contribution in [2.45, 2.75) is 52.2 Å². The number of ether oxygens (including phenoxy) is 1. The second kappa shape index (κ2) is 5.43. The van der Waals surface area contributed by atoms with Gasteiger partial charge in [-0.25, -0.2) is 4.79 Å². The maximum absolute atomic E-state index is 12.1. The minimum Gasteiger partial charge on any atom is -0.444 e. The number of rotatable bonds is 1. The topological polar surface area (TPSA) is 46.6 Å². The predicted octanol–water partition coefficient (Wildman–Crippen LogP) is 2.22. The third-order valence-corrected chi connectivity index (χ3v) is 2.89. The number of terminal acetylenes is 1. The summed E-state index contributed by atoms with van der Waals surface area (Å²) in [5.74, 6) is 2.13. The molecule has 0 aromatic rings. The molecule has 1 amide bonds. The van der Waals surface area contributed by atoms with Gasteiger partial charge in [0.15, 0.2) is 0 Å². The second-order valence-corrected chi connectivity index (χ2v) is 5.84. The Morgan fingerprint density at radius 1 is 1.33 bits per heavy atom. The molecule has 1 saturated heterocycles. The Balaban J connectivity index is 2.83. The van der Waals surface area contributed by atoms with Gasteiger partial charge in [0, 0.05) is 6.54 Å². The number of amides is 1. The lowest BCUT2D eigenvalue weighted by atomic mass is 9.92. The average Bonchev–Trinajstić information content (AvgIpc) is 2.25. The van der Waals surface area contributed by atoms with E-state index in [4.69, 9.17) is 11.2 Å². The van der Waals surface area contributed by atoms with Crippen LogP contribution in [0.25, 0.3) is 0 Å². The van der Waals surface area contributed by atoms with Crippen LogP contribution in [0.3, 0.4) is 0 Å². The molecule has 100 valence electrons. The Kier molecular flexibility index (Phi) is 4.39. The lowest BCUT2D eigenvalue weighted by Gasteiger charge is -2.37. The molecule has 0 N–H and O–H groups in total. The molecule has 0 radical (unpaired) electrons. The fourth-order valence-electron chi connectivity index (χ4n) is 2.04. The Hall–Kier alpha value is -1.50. The summed E-state index contributed by atoms with van der Waals surface area (Å²) in [5, 5.41) is 0. The van der Waals surface area contributed by atoms with Gasteiger partial charge in [-0.2, -0.15) is 0 Å². The fourth-order valence-corrected chi connectivity index (χ4v) is 2.04. The Morgan fingerprint density at radius 3 is 2.44 bits per heavy atom. The van der Waals surface area contributed by atoms with Crippen LogP contribution >= 0.6 is 0 Å². The van der Waals surface area contributed by atoms with Crippen molar-refractivity contribution in [2.24, 2.45) is 5.92 Å². The van der Waals surface area contributed by atoms with Crippen molar-refractivity contribution in [3.05, 3.63) is 0 Å². The standard InChI is InChI=1S/C14H21NO3/c1-6-12(16)11-8-7-10(2)9-15(11)13(17)18-14(3,4)5/h1,10-11H,7-9H2,2-5H3/t10-,11+/m1/s1. The molecule has 0 spiro atoms. The first-order valence-electron chi connectivity index (χ1n) is 6.24. The van der Waals surface area contributed by atoms with Gasteiger partial charge in [0.25, 0.3) is 0 Å². The summed E-state index contributed by atoms with van der Waals surface area (Å²) in [6.07, 6.45) is 6.21. The number of carbonyl (C=O) groups excluding carboxylic acids is 2. The van der Waals surface area contributed by atoms with Gasteiger partial charge in [-0.15, -0.1) is 6.42 Å². The molecule has 2 atom stereocenters. The van der Waals surface area contributed by atoms with Crippen LogP contribution in [0.4, 0.5) is 4.79 Å². The lowest BCUT2D eigenvalue weighted by molar-refractivity contribution is -0.120. The highest BCUT2D eigenvalue weighted by Gasteiger charge is 2.36. The molecule has 0 aromatic heterocycles. The third kappa shape index (κ3) is 3.76. The quantitative estimate of drug-likeness (QED) is 0.530. The molecule has 1 fully saturated rings. The summed E-state index contributed by atoms with van der Waals surface area (Å²) in [6, 6.07) is -0.527. The van der Waals surface area contributed by atoms with E-state index in [0.717, 1.165) is 6.42 Å². The average molecular weight is 251 g/mol. The van der Waals surface area contributed by atoms with E-state index in [9.17, 15) is 9.59 Å². The SMILES string of the molecule is C#CC(=O)[C@@H]1CC[C@@H](C)CN1C(=O)OC(C)(C)C. The molecule has 1 aliphatic rings. The number of hydrogen-bond donors (Lipinski definition) is 0. The number of piperidine rings is 1. The Bertz CT molecular complexity index is 375. The molecule has 0 unspecified atom stereocenters. The van der Waals surface area contributed by atoms with E-state index in [1.165, 1.54) is 4.90 Å². The van der Waals surface area contributed by atoms with Crippen molar-refractivity contribution in [3.63, 3.8) is 0 Å². The van der Waals surface area contributed by atoms with Gasteiger partial charge in [-0.05, 0) is 45.5 Å². The number of nitrogens with zero attached hydrogens (tertiary/aromatic N) is 1. The van der Waals surface area contributed by atoms with Crippen molar-refractivity contribution >= 4 is 11.9 Å². The van der Waals surface area contributed by atoms with Gasteiger partial charge in [0.05, 0.1) is 0 Å². The van der Waals surface area contributed by atoms with Crippen molar-refractivity contribution in [1.29, 1.82) is 0 Å². The number of Topliss-reactive ketones (excluding diaryl/α,β-unsaturated/α-hetero) is 1. The van der Waals surface area contributed by atoms with E-state index < -0.39 is 17.7 Å². The van der Waals surface area contributed by atoms with Gasteiger partial charge in [-0.1, -0.05) is 6.92 Å². The van der Waals surface area contributed by atoms with Crippen LogP contribution in [0, 0.1) is 18.3 Å². The van der Waals surface area contributed by atoms with Gasteiger partial charge in [0.1, 0.15) is 11.6 Å². The third-order valence-electron chi connectivity index (χ3n) is 2.89. The number of hydrogen-bond acceptors (Lipinski definition) is 3. The highest BCUT2D eigenvalue weighted by atomic mass is 16.6. The van der Waals surface area contributed by atoms with Crippen molar-refractivity contribution in [3.8, 4) is 12.3 Å². The van der Waals surface area contributed by atoms with Gasteiger partial charge in [-0.3, -0.25) is 9.69 Å². The molecule has 0 aromatic carbocycles. The molecule has 1 heterocycles. The van der Waals surface area contributed by atoms with E-state index >= 15 is 0 Å². The first-order valence-corrected chi connectivity index (χ1v) is 6.24. The fraction of sp³-hybridized carbons (Fsp3) is 0.714. The lowest BCUT2D eigenvalue weighted by Crippen LogP contribution is -2.51. The molecular formula is C14H21NO3. The summed E-state index contributed by atoms with van der Waals surface area (Å²) in [6.45, 7) is 7.98. The maximum Gasteiger partial charge on any atom is 0.410 e. The molecule has 0 saturated carbocycles. The zero-order valence-corrected chi connectivity index (χ0v) is 11.5. The normalized spacial score (nSPS) is 24.3. The van der Waals surface area contributed by atoms with Gasteiger partial charge >= 0.3 is 6.09 Å². The second-order valence-electron chi connectivity index (χ2n) is 5.84. The zero-order valence-electron chi connectivity index (χ0n) is 11.5. The first-order chi connectivity index (χ1) is 8.24. The van der Waals surface area contributed by atoms with E-state index in [1.54, 1.807) is 20.8 Å². The molecule has 0 aliphatic carbocycles.